The Morgan fingerprint density at radius 2 is 2.00 bits per heavy atom. The molecule has 1 N–H and O–H groups in total. The highest BCUT2D eigenvalue weighted by molar-refractivity contribution is 7.09. The number of para-hydroxylation sites is 1. The number of thiazole rings is 1. The van der Waals surface area contributed by atoms with Gasteiger partial charge in [-0.15, -0.1) is 11.3 Å². The summed E-state index contributed by atoms with van der Waals surface area (Å²) >= 11 is 1.54. The first-order chi connectivity index (χ1) is 13.2. The third kappa shape index (κ3) is 4.06. The van der Waals surface area contributed by atoms with Crippen molar-refractivity contribution in [3.63, 3.8) is 0 Å². The lowest BCUT2D eigenvalue weighted by molar-refractivity contribution is -0.120. The SMILES string of the molecule is Cc1nc(CC(=O)NN=C2C[C@H](c3ccccc3)Oc3ccccc32)cs1. The fraction of sp³-hybridized carbons (Fsp3) is 0.190. The van der Waals surface area contributed by atoms with Crippen molar-refractivity contribution < 1.29 is 9.53 Å². The number of fused-ring (bicyclic) bond motifs is 1. The number of rotatable bonds is 4. The first kappa shape index (κ1) is 17.4. The van der Waals surface area contributed by atoms with Crippen molar-refractivity contribution in [3.05, 3.63) is 81.8 Å². The third-order valence-corrected chi connectivity index (χ3v) is 5.16. The number of hydrogen-bond acceptors (Lipinski definition) is 5. The molecule has 0 radical (unpaired) electrons. The summed E-state index contributed by atoms with van der Waals surface area (Å²) in [5.74, 6) is 0.605. The normalized spacial score (nSPS) is 17.2. The van der Waals surface area contributed by atoms with Gasteiger partial charge in [-0.05, 0) is 24.6 Å². The molecule has 0 saturated heterocycles. The number of aryl methyl sites for hydroxylation is 1. The van der Waals surface area contributed by atoms with E-state index in [0.29, 0.717) is 6.42 Å². The Morgan fingerprint density at radius 1 is 1.22 bits per heavy atom. The van der Waals surface area contributed by atoms with Crippen LogP contribution in [0.3, 0.4) is 0 Å². The fourth-order valence-corrected chi connectivity index (χ4v) is 3.68. The van der Waals surface area contributed by atoms with E-state index in [1.54, 1.807) is 0 Å². The maximum Gasteiger partial charge on any atom is 0.246 e. The molecular formula is C21H19N3O2S. The minimum atomic E-state index is -0.173. The van der Waals surface area contributed by atoms with E-state index < -0.39 is 0 Å². The molecule has 1 aromatic heterocycles. The van der Waals surface area contributed by atoms with Crippen LogP contribution in [0.4, 0.5) is 0 Å². The molecule has 1 aliphatic heterocycles. The zero-order chi connectivity index (χ0) is 18.6. The summed E-state index contributed by atoms with van der Waals surface area (Å²) in [4.78, 5) is 16.6. The molecule has 3 aromatic rings. The van der Waals surface area contributed by atoms with Crippen molar-refractivity contribution in [3.8, 4) is 5.75 Å². The van der Waals surface area contributed by atoms with Gasteiger partial charge in [0.1, 0.15) is 11.9 Å². The van der Waals surface area contributed by atoms with Crippen LogP contribution in [-0.4, -0.2) is 16.6 Å². The van der Waals surface area contributed by atoms with Crippen LogP contribution in [0.25, 0.3) is 0 Å². The molecule has 1 atom stereocenters. The van der Waals surface area contributed by atoms with Gasteiger partial charge in [-0.2, -0.15) is 5.10 Å². The molecule has 0 saturated carbocycles. The zero-order valence-corrected chi connectivity index (χ0v) is 15.7. The first-order valence-corrected chi connectivity index (χ1v) is 9.64. The average Bonchev–Trinajstić information content (AvgIpc) is 3.11. The Kier molecular flexibility index (Phi) is 4.98. The second-order valence-electron chi connectivity index (χ2n) is 6.35. The van der Waals surface area contributed by atoms with Crippen LogP contribution < -0.4 is 10.2 Å². The lowest BCUT2D eigenvalue weighted by Crippen LogP contribution is -2.26. The molecule has 1 amide bonds. The van der Waals surface area contributed by atoms with Gasteiger partial charge in [-0.3, -0.25) is 4.79 Å². The van der Waals surface area contributed by atoms with Crippen LogP contribution >= 0.6 is 11.3 Å². The summed E-state index contributed by atoms with van der Waals surface area (Å²) in [5, 5.41) is 7.27. The summed E-state index contributed by atoms with van der Waals surface area (Å²) in [5.41, 5.74) is 6.26. The smallest absolute Gasteiger partial charge is 0.246 e. The van der Waals surface area contributed by atoms with E-state index in [1.807, 2.05) is 66.9 Å². The van der Waals surface area contributed by atoms with Crippen LogP contribution in [0, 0.1) is 6.92 Å². The molecular weight excluding hydrogens is 358 g/mol. The zero-order valence-electron chi connectivity index (χ0n) is 14.9. The number of ether oxygens (including phenoxy) is 1. The number of benzene rings is 2. The predicted octanol–water partition coefficient (Wildman–Crippen LogP) is 4.04. The van der Waals surface area contributed by atoms with Crippen molar-refractivity contribution in [2.24, 2.45) is 5.10 Å². The van der Waals surface area contributed by atoms with E-state index in [0.717, 1.165) is 33.3 Å². The quantitative estimate of drug-likeness (QED) is 0.698. The monoisotopic (exact) mass is 377 g/mol. The van der Waals surface area contributed by atoms with E-state index >= 15 is 0 Å². The van der Waals surface area contributed by atoms with Gasteiger partial charge < -0.3 is 4.74 Å². The lowest BCUT2D eigenvalue weighted by Gasteiger charge is -2.27. The second kappa shape index (κ2) is 7.72. The number of aromatic nitrogens is 1. The fourth-order valence-electron chi connectivity index (χ4n) is 3.07. The highest BCUT2D eigenvalue weighted by atomic mass is 32.1. The second-order valence-corrected chi connectivity index (χ2v) is 7.41. The highest BCUT2D eigenvalue weighted by Crippen LogP contribution is 2.34. The Labute approximate surface area is 161 Å². The molecule has 4 rings (SSSR count). The van der Waals surface area contributed by atoms with E-state index in [9.17, 15) is 4.79 Å². The number of nitrogens with zero attached hydrogens (tertiary/aromatic N) is 2. The van der Waals surface area contributed by atoms with Crippen molar-refractivity contribution >= 4 is 23.0 Å². The standard InChI is InChI=1S/C21H19N3O2S/c1-14-22-16(13-27-14)11-21(25)24-23-18-12-20(15-7-3-2-4-8-15)26-19-10-6-5-9-17(18)19/h2-10,13,20H,11-12H2,1H3,(H,24,25)/t20-/m1/s1. The Morgan fingerprint density at radius 3 is 2.78 bits per heavy atom. The Balaban J connectivity index is 1.54. The van der Waals surface area contributed by atoms with Crippen LogP contribution in [-0.2, 0) is 11.2 Å². The molecule has 0 unspecified atom stereocenters. The molecule has 5 nitrogen and oxygen atoms in total. The third-order valence-electron chi connectivity index (χ3n) is 4.34. The van der Waals surface area contributed by atoms with Gasteiger partial charge in [0.15, 0.2) is 0 Å². The summed E-state index contributed by atoms with van der Waals surface area (Å²) < 4.78 is 6.15. The van der Waals surface area contributed by atoms with Crippen molar-refractivity contribution in [2.45, 2.75) is 25.9 Å². The van der Waals surface area contributed by atoms with Gasteiger partial charge in [-0.25, -0.2) is 10.4 Å². The molecule has 0 spiro atoms. The first-order valence-electron chi connectivity index (χ1n) is 8.76. The summed E-state index contributed by atoms with van der Waals surface area (Å²) in [6, 6.07) is 17.8. The average molecular weight is 377 g/mol. The highest BCUT2D eigenvalue weighted by Gasteiger charge is 2.26. The molecule has 0 fully saturated rings. The Hall–Kier alpha value is -2.99. The van der Waals surface area contributed by atoms with Crippen molar-refractivity contribution in [1.29, 1.82) is 0 Å². The molecule has 136 valence electrons. The number of hydrogen-bond donors (Lipinski definition) is 1. The van der Waals surface area contributed by atoms with Gasteiger partial charge >= 0.3 is 0 Å². The molecule has 6 heteroatoms. The largest absolute Gasteiger partial charge is 0.485 e. The van der Waals surface area contributed by atoms with Gasteiger partial charge in [0.05, 0.1) is 22.8 Å². The van der Waals surface area contributed by atoms with Gasteiger partial charge in [-0.1, -0.05) is 42.5 Å². The van der Waals surface area contributed by atoms with Gasteiger partial charge in [0, 0.05) is 17.4 Å². The van der Waals surface area contributed by atoms with E-state index in [1.165, 1.54) is 11.3 Å². The number of nitrogens with one attached hydrogen (secondary N) is 1. The number of amides is 1. The molecule has 2 heterocycles. The maximum absolute atomic E-state index is 12.2. The summed E-state index contributed by atoms with van der Waals surface area (Å²) in [6.45, 7) is 1.93. The van der Waals surface area contributed by atoms with Crippen molar-refractivity contribution in [2.75, 3.05) is 0 Å². The number of carbonyl (C=O) groups excluding carboxylic acids is 1. The summed E-state index contributed by atoms with van der Waals surface area (Å²) in [7, 11) is 0. The molecule has 27 heavy (non-hydrogen) atoms. The number of hydrazone groups is 1. The van der Waals surface area contributed by atoms with Crippen molar-refractivity contribution in [1.82, 2.24) is 10.4 Å². The topological polar surface area (TPSA) is 63.6 Å². The number of carbonyl (C=O) groups is 1. The minimum absolute atomic E-state index is 0.127. The van der Waals surface area contributed by atoms with E-state index in [4.69, 9.17) is 4.74 Å². The predicted molar refractivity (Wildman–Crippen MR) is 106 cm³/mol. The molecule has 0 aliphatic carbocycles. The van der Waals surface area contributed by atoms with Crippen LogP contribution in [0.1, 0.15) is 34.4 Å². The van der Waals surface area contributed by atoms with Crippen LogP contribution in [0.15, 0.2) is 65.1 Å². The molecule has 0 bridgehead atoms. The summed E-state index contributed by atoms with van der Waals surface area (Å²) in [6.07, 6.45) is 0.691. The lowest BCUT2D eigenvalue weighted by atomic mass is 9.96. The van der Waals surface area contributed by atoms with Gasteiger partial charge in [0.2, 0.25) is 5.91 Å². The van der Waals surface area contributed by atoms with E-state index in [-0.39, 0.29) is 18.4 Å². The minimum Gasteiger partial charge on any atom is -0.485 e. The van der Waals surface area contributed by atoms with Crippen LogP contribution in [0.2, 0.25) is 0 Å². The van der Waals surface area contributed by atoms with E-state index in [2.05, 4.69) is 15.5 Å². The Bertz CT molecular complexity index is 982. The maximum atomic E-state index is 12.2. The van der Waals surface area contributed by atoms with Gasteiger partial charge in [0.25, 0.3) is 0 Å². The molecule has 2 aromatic carbocycles. The van der Waals surface area contributed by atoms with Crippen LogP contribution in [0.5, 0.6) is 5.75 Å². The molecule has 1 aliphatic rings.